The van der Waals surface area contributed by atoms with E-state index in [1.54, 1.807) is 36.6 Å². The second-order valence-electron chi connectivity index (χ2n) is 5.80. The maximum Gasteiger partial charge on any atom is 0.340 e. The second kappa shape index (κ2) is 9.00. The molecule has 138 valence electrons. The number of hydrogen-bond donors (Lipinski definition) is 2. The summed E-state index contributed by atoms with van der Waals surface area (Å²) in [6.07, 6.45) is 0. The minimum Gasteiger partial charge on any atom is -0.452 e. The molecule has 0 aliphatic heterocycles. The number of ether oxygens (including phenoxy) is 1. The van der Waals surface area contributed by atoms with Crippen LogP contribution in [0.4, 0.5) is 5.69 Å². The Morgan fingerprint density at radius 1 is 1.00 bits per heavy atom. The summed E-state index contributed by atoms with van der Waals surface area (Å²) < 4.78 is 5.20. The van der Waals surface area contributed by atoms with Crippen LogP contribution < -0.4 is 10.6 Å². The smallest absolute Gasteiger partial charge is 0.340 e. The normalized spacial score (nSPS) is 11.4. The average Bonchev–Trinajstić information content (AvgIpc) is 3.25. The van der Waals surface area contributed by atoms with Gasteiger partial charge in [0.25, 0.3) is 5.91 Å². The Morgan fingerprint density at radius 2 is 1.74 bits per heavy atom. The molecule has 27 heavy (non-hydrogen) atoms. The molecule has 0 saturated carbocycles. The molecule has 5 nitrogen and oxygen atoms in total. The molecule has 3 aromatic rings. The Hall–Kier alpha value is -3.12. The highest BCUT2D eigenvalue weighted by Gasteiger charge is 2.19. The van der Waals surface area contributed by atoms with Crippen LogP contribution in [0.25, 0.3) is 0 Å². The van der Waals surface area contributed by atoms with E-state index >= 15 is 0 Å². The summed E-state index contributed by atoms with van der Waals surface area (Å²) >= 11 is 1.56. The molecule has 0 spiro atoms. The molecule has 0 fully saturated rings. The van der Waals surface area contributed by atoms with Gasteiger partial charge in [-0.2, -0.15) is 0 Å². The number of benzene rings is 2. The number of esters is 1. The topological polar surface area (TPSA) is 67.4 Å². The number of hydrogen-bond acceptors (Lipinski definition) is 5. The zero-order valence-corrected chi connectivity index (χ0v) is 15.7. The van der Waals surface area contributed by atoms with Gasteiger partial charge in [0.1, 0.15) is 0 Å². The molecule has 1 amide bonds. The molecule has 0 aliphatic carbocycles. The van der Waals surface area contributed by atoms with Gasteiger partial charge >= 0.3 is 5.97 Å². The van der Waals surface area contributed by atoms with E-state index in [0.717, 1.165) is 10.4 Å². The highest BCUT2D eigenvalue weighted by Crippen LogP contribution is 2.25. The maximum atomic E-state index is 12.4. The van der Waals surface area contributed by atoms with Gasteiger partial charge < -0.3 is 15.4 Å². The number of anilines is 1. The standard InChI is InChI=1S/C21H20N2O3S/c1-22-17-11-6-5-10-16(17)21(25)26-14-19(24)23-20(18-12-7-13-27-18)15-8-3-2-4-9-15/h2-13,20,22H,14H2,1H3,(H,23,24)/t20-/m0/s1. The fraction of sp³-hybridized carbons (Fsp3) is 0.143. The molecular weight excluding hydrogens is 360 g/mol. The van der Waals surface area contributed by atoms with Crippen LogP contribution in [0.15, 0.2) is 72.1 Å². The molecule has 0 radical (unpaired) electrons. The van der Waals surface area contributed by atoms with Crippen molar-refractivity contribution in [1.29, 1.82) is 0 Å². The number of para-hydroxylation sites is 1. The molecule has 2 aromatic carbocycles. The summed E-state index contributed by atoms with van der Waals surface area (Å²) in [6, 6.07) is 20.3. The van der Waals surface area contributed by atoms with Crippen LogP contribution in [0.3, 0.4) is 0 Å². The van der Waals surface area contributed by atoms with Crippen LogP contribution in [0.2, 0.25) is 0 Å². The quantitative estimate of drug-likeness (QED) is 0.611. The first-order valence-corrected chi connectivity index (χ1v) is 9.38. The van der Waals surface area contributed by atoms with Gasteiger partial charge in [0, 0.05) is 17.6 Å². The van der Waals surface area contributed by atoms with E-state index in [-0.39, 0.29) is 18.6 Å². The van der Waals surface area contributed by atoms with E-state index in [1.807, 2.05) is 53.9 Å². The number of carbonyl (C=O) groups is 2. The monoisotopic (exact) mass is 380 g/mol. The van der Waals surface area contributed by atoms with E-state index in [2.05, 4.69) is 10.6 Å². The lowest BCUT2D eigenvalue weighted by Crippen LogP contribution is -2.32. The third kappa shape index (κ3) is 4.74. The van der Waals surface area contributed by atoms with Gasteiger partial charge in [0.05, 0.1) is 11.6 Å². The van der Waals surface area contributed by atoms with E-state index in [1.165, 1.54) is 0 Å². The first-order chi connectivity index (χ1) is 13.2. The molecule has 0 bridgehead atoms. The van der Waals surface area contributed by atoms with Crippen LogP contribution in [0, 0.1) is 0 Å². The zero-order chi connectivity index (χ0) is 19.1. The summed E-state index contributed by atoms with van der Waals surface area (Å²) in [5.74, 6) is -0.893. The number of rotatable bonds is 7. The lowest BCUT2D eigenvalue weighted by molar-refractivity contribution is -0.124. The van der Waals surface area contributed by atoms with Gasteiger partial charge in [-0.15, -0.1) is 11.3 Å². The largest absolute Gasteiger partial charge is 0.452 e. The van der Waals surface area contributed by atoms with Gasteiger partial charge in [-0.3, -0.25) is 4.79 Å². The summed E-state index contributed by atoms with van der Waals surface area (Å²) in [6.45, 7) is -0.342. The molecule has 0 saturated heterocycles. The lowest BCUT2D eigenvalue weighted by atomic mass is 10.1. The Labute approximate surface area is 162 Å². The molecule has 1 aromatic heterocycles. The van der Waals surface area contributed by atoms with Crippen LogP contribution in [-0.4, -0.2) is 25.5 Å². The molecule has 0 unspecified atom stereocenters. The summed E-state index contributed by atoms with van der Waals surface area (Å²) in [5, 5.41) is 7.85. The zero-order valence-electron chi connectivity index (χ0n) is 14.8. The van der Waals surface area contributed by atoms with Crippen molar-refractivity contribution in [3.63, 3.8) is 0 Å². The minimum atomic E-state index is -0.539. The van der Waals surface area contributed by atoms with Crippen molar-refractivity contribution in [2.75, 3.05) is 19.0 Å². The van der Waals surface area contributed by atoms with Crippen molar-refractivity contribution in [3.05, 3.63) is 88.1 Å². The van der Waals surface area contributed by atoms with Gasteiger partial charge in [-0.25, -0.2) is 4.79 Å². The SMILES string of the molecule is CNc1ccccc1C(=O)OCC(=O)N[C@@H](c1ccccc1)c1cccs1. The molecule has 6 heteroatoms. The van der Waals surface area contributed by atoms with Gasteiger partial charge in [-0.1, -0.05) is 48.5 Å². The predicted molar refractivity (Wildman–Crippen MR) is 107 cm³/mol. The van der Waals surface area contributed by atoms with Crippen molar-refractivity contribution in [3.8, 4) is 0 Å². The first-order valence-electron chi connectivity index (χ1n) is 8.50. The number of carbonyl (C=O) groups excluding carboxylic acids is 2. The van der Waals surface area contributed by atoms with Crippen LogP contribution in [0.5, 0.6) is 0 Å². The van der Waals surface area contributed by atoms with Gasteiger partial charge in [0.2, 0.25) is 0 Å². The highest BCUT2D eigenvalue weighted by molar-refractivity contribution is 7.10. The summed E-state index contributed by atoms with van der Waals surface area (Å²) in [7, 11) is 1.73. The average molecular weight is 380 g/mol. The molecule has 3 rings (SSSR count). The van der Waals surface area contributed by atoms with Crippen molar-refractivity contribution < 1.29 is 14.3 Å². The Bertz CT molecular complexity index is 895. The van der Waals surface area contributed by atoms with Gasteiger partial charge in [-0.05, 0) is 29.1 Å². The summed E-state index contributed by atoms with van der Waals surface area (Å²) in [4.78, 5) is 25.7. The molecule has 0 aliphatic rings. The van der Waals surface area contributed by atoms with E-state index in [0.29, 0.717) is 11.3 Å². The van der Waals surface area contributed by atoms with Crippen LogP contribution in [-0.2, 0) is 9.53 Å². The van der Waals surface area contributed by atoms with E-state index in [9.17, 15) is 9.59 Å². The Morgan fingerprint density at radius 3 is 2.44 bits per heavy atom. The summed E-state index contributed by atoms with van der Waals surface area (Å²) in [5.41, 5.74) is 2.02. The predicted octanol–water partition coefficient (Wildman–Crippen LogP) is 3.85. The maximum absolute atomic E-state index is 12.4. The van der Waals surface area contributed by atoms with Gasteiger partial charge in [0.15, 0.2) is 6.61 Å². The third-order valence-electron chi connectivity index (χ3n) is 4.02. The molecule has 1 atom stereocenters. The number of nitrogens with one attached hydrogen (secondary N) is 2. The van der Waals surface area contributed by atoms with Crippen molar-refractivity contribution in [2.45, 2.75) is 6.04 Å². The first kappa shape index (κ1) is 18.7. The van der Waals surface area contributed by atoms with Crippen LogP contribution >= 0.6 is 11.3 Å². The fourth-order valence-corrected chi connectivity index (χ4v) is 3.51. The molecular formula is C21H20N2O3S. The van der Waals surface area contributed by atoms with Crippen molar-refractivity contribution in [2.24, 2.45) is 0 Å². The second-order valence-corrected chi connectivity index (χ2v) is 6.78. The highest BCUT2D eigenvalue weighted by atomic mass is 32.1. The minimum absolute atomic E-state index is 0.276. The van der Waals surface area contributed by atoms with E-state index in [4.69, 9.17) is 4.74 Å². The van der Waals surface area contributed by atoms with E-state index < -0.39 is 5.97 Å². The Balaban J connectivity index is 1.66. The fourth-order valence-electron chi connectivity index (χ4n) is 2.71. The molecule has 1 heterocycles. The lowest BCUT2D eigenvalue weighted by Gasteiger charge is -2.18. The van der Waals surface area contributed by atoms with Crippen molar-refractivity contribution >= 4 is 28.9 Å². The number of thiophene rings is 1. The third-order valence-corrected chi connectivity index (χ3v) is 4.95. The van der Waals surface area contributed by atoms with Crippen molar-refractivity contribution in [1.82, 2.24) is 5.32 Å². The number of amides is 1. The molecule has 2 N–H and O–H groups in total. The Kier molecular flexibility index (Phi) is 6.22. The van der Waals surface area contributed by atoms with Crippen LogP contribution in [0.1, 0.15) is 26.8 Å².